The van der Waals surface area contributed by atoms with E-state index >= 15 is 0 Å². The normalized spacial score (nSPS) is 16.3. The molecule has 1 atom stereocenters. The second kappa shape index (κ2) is 5.20. The summed E-state index contributed by atoms with van der Waals surface area (Å²) in [5.41, 5.74) is 0.780. The lowest BCUT2D eigenvalue weighted by atomic mass is 10.1. The number of nitrogens with one attached hydrogen (secondary N) is 1. The minimum Gasteiger partial charge on any atom is -0.480 e. The molecule has 6 nitrogen and oxygen atoms in total. The first-order valence-electron chi connectivity index (χ1n) is 6.12. The van der Waals surface area contributed by atoms with Crippen molar-refractivity contribution in [2.75, 3.05) is 0 Å². The van der Waals surface area contributed by atoms with Gasteiger partial charge in [0.05, 0.1) is 5.69 Å². The molecule has 0 aliphatic heterocycles. The monoisotopic (exact) mass is 252 g/mol. The van der Waals surface area contributed by atoms with Gasteiger partial charge < -0.3 is 14.9 Å². The molecule has 98 valence electrons. The molecule has 0 saturated heterocycles. The lowest BCUT2D eigenvalue weighted by Gasteiger charge is -2.11. The molecule has 6 heteroatoms. The van der Waals surface area contributed by atoms with Crippen LogP contribution in [-0.2, 0) is 4.79 Å². The molecule has 1 unspecified atom stereocenters. The maximum absolute atomic E-state index is 11.8. The topological polar surface area (TPSA) is 92.4 Å². The summed E-state index contributed by atoms with van der Waals surface area (Å²) in [5.74, 6) is -1.07. The number of aromatic nitrogens is 1. The number of amides is 1. The zero-order chi connectivity index (χ0) is 13.1. The van der Waals surface area contributed by atoms with E-state index in [9.17, 15) is 9.59 Å². The molecule has 1 aromatic heterocycles. The van der Waals surface area contributed by atoms with Gasteiger partial charge in [-0.2, -0.15) is 0 Å². The van der Waals surface area contributed by atoms with E-state index in [2.05, 4.69) is 10.5 Å². The summed E-state index contributed by atoms with van der Waals surface area (Å²) in [5, 5.41) is 15.2. The maximum Gasteiger partial charge on any atom is 0.326 e. The first-order valence-corrected chi connectivity index (χ1v) is 6.12. The van der Waals surface area contributed by atoms with E-state index in [4.69, 9.17) is 9.63 Å². The number of carbonyl (C=O) groups excluding carboxylic acids is 1. The molecule has 1 amide bonds. The highest BCUT2D eigenvalue weighted by Gasteiger charge is 2.29. The van der Waals surface area contributed by atoms with Crippen LogP contribution in [0.5, 0.6) is 0 Å². The summed E-state index contributed by atoms with van der Waals surface area (Å²) in [6.07, 6.45) is 3.22. The van der Waals surface area contributed by atoms with Crippen molar-refractivity contribution in [3.63, 3.8) is 0 Å². The van der Waals surface area contributed by atoms with Crippen molar-refractivity contribution in [3.8, 4) is 0 Å². The SMILES string of the molecule is CCCC(NC(=O)c1cc(C2CC2)no1)C(=O)O. The van der Waals surface area contributed by atoms with Gasteiger partial charge in [-0.15, -0.1) is 0 Å². The fourth-order valence-electron chi connectivity index (χ4n) is 1.74. The Balaban J connectivity index is 1.98. The number of carbonyl (C=O) groups is 2. The molecule has 0 bridgehead atoms. The van der Waals surface area contributed by atoms with E-state index < -0.39 is 17.9 Å². The number of carboxylic acids is 1. The molecule has 1 aliphatic rings. The van der Waals surface area contributed by atoms with E-state index in [1.54, 1.807) is 6.07 Å². The number of nitrogens with zero attached hydrogens (tertiary/aromatic N) is 1. The van der Waals surface area contributed by atoms with Crippen LogP contribution in [0.25, 0.3) is 0 Å². The third kappa shape index (κ3) is 2.88. The Labute approximate surface area is 104 Å². The molecule has 0 radical (unpaired) electrons. The van der Waals surface area contributed by atoms with Crippen LogP contribution >= 0.6 is 0 Å². The van der Waals surface area contributed by atoms with Gasteiger partial charge in [-0.05, 0) is 19.3 Å². The predicted molar refractivity (Wildman–Crippen MR) is 62.3 cm³/mol. The molecule has 18 heavy (non-hydrogen) atoms. The molecule has 0 aromatic carbocycles. The zero-order valence-corrected chi connectivity index (χ0v) is 10.2. The molecule has 1 aromatic rings. The Morgan fingerprint density at radius 3 is 2.89 bits per heavy atom. The number of carboxylic acid groups (broad SMARTS) is 1. The molecule has 2 N–H and O–H groups in total. The Morgan fingerprint density at radius 2 is 2.33 bits per heavy atom. The van der Waals surface area contributed by atoms with Gasteiger partial charge in [0.1, 0.15) is 6.04 Å². The van der Waals surface area contributed by atoms with Gasteiger partial charge in [-0.1, -0.05) is 18.5 Å². The number of aliphatic carboxylic acids is 1. The van der Waals surface area contributed by atoms with Gasteiger partial charge in [0.15, 0.2) is 0 Å². The van der Waals surface area contributed by atoms with E-state index in [0.717, 1.165) is 18.5 Å². The fraction of sp³-hybridized carbons (Fsp3) is 0.583. The second-order valence-corrected chi connectivity index (χ2v) is 4.54. The molecule has 1 fully saturated rings. The molecular weight excluding hydrogens is 236 g/mol. The van der Waals surface area contributed by atoms with Gasteiger partial charge in [-0.3, -0.25) is 4.79 Å². The van der Waals surface area contributed by atoms with Crippen LogP contribution in [0.2, 0.25) is 0 Å². The van der Waals surface area contributed by atoms with Crippen molar-refractivity contribution in [1.29, 1.82) is 0 Å². The van der Waals surface area contributed by atoms with Crippen LogP contribution in [0.1, 0.15) is 54.8 Å². The van der Waals surface area contributed by atoms with Gasteiger partial charge in [0, 0.05) is 12.0 Å². The summed E-state index contributed by atoms with van der Waals surface area (Å²) in [7, 11) is 0. The van der Waals surface area contributed by atoms with Crippen molar-refractivity contribution < 1.29 is 19.2 Å². The first-order chi connectivity index (χ1) is 8.61. The van der Waals surface area contributed by atoms with Crippen molar-refractivity contribution in [2.45, 2.75) is 44.6 Å². The van der Waals surface area contributed by atoms with E-state index in [0.29, 0.717) is 18.8 Å². The number of hydrogen-bond donors (Lipinski definition) is 2. The molecular formula is C12H16N2O4. The van der Waals surface area contributed by atoms with Crippen LogP contribution < -0.4 is 5.32 Å². The Kier molecular flexibility index (Phi) is 3.64. The fourth-order valence-corrected chi connectivity index (χ4v) is 1.74. The van der Waals surface area contributed by atoms with Crippen LogP contribution in [-0.4, -0.2) is 28.2 Å². The summed E-state index contributed by atoms with van der Waals surface area (Å²) in [6, 6.07) is 0.717. The maximum atomic E-state index is 11.8. The smallest absolute Gasteiger partial charge is 0.326 e. The van der Waals surface area contributed by atoms with Crippen LogP contribution in [0, 0.1) is 0 Å². The Bertz CT molecular complexity index is 451. The average Bonchev–Trinajstić information content (AvgIpc) is 3.06. The van der Waals surface area contributed by atoms with Crippen LogP contribution in [0.3, 0.4) is 0 Å². The Hall–Kier alpha value is -1.85. The first kappa shape index (κ1) is 12.6. The number of rotatable bonds is 6. The quantitative estimate of drug-likeness (QED) is 0.801. The van der Waals surface area contributed by atoms with Gasteiger partial charge >= 0.3 is 5.97 Å². The molecule has 1 saturated carbocycles. The molecule has 2 rings (SSSR count). The third-order valence-electron chi connectivity index (χ3n) is 2.93. The largest absolute Gasteiger partial charge is 0.480 e. The highest BCUT2D eigenvalue weighted by molar-refractivity contribution is 5.94. The predicted octanol–water partition coefficient (Wildman–Crippen LogP) is 1.54. The van der Waals surface area contributed by atoms with Crippen LogP contribution in [0.4, 0.5) is 0 Å². The van der Waals surface area contributed by atoms with Gasteiger partial charge in [0.25, 0.3) is 5.91 Å². The highest BCUT2D eigenvalue weighted by atomic mass is 16.5. The van der Waals surface area contributed by atoms with Crippen LogP contribution in [0.15, 0.2) is 10.6 Å². The third-order valence-corrected chi connectivity index (χ3v) is 2.93. The summed E-state index contributed by atoms with van der Waals surface area (Å²) < 4.78 is 4.93. The minimum atomic E-state index is -1.04. The van der Waals surface area contributed by atoms with E-state index in [1.807, 2.05) is 6.92 Å². The lowest BCUT2D eigenvalue weighted by molar-refractivity contribution is -0.139. The van der Waals surface area contributed by atoms with E-state index in [1.165, 1.54) is 0 Å². The average molecular weight is 252 g/mol. The standard InChI is InChI=1S/C12H16N2O4/c1-2-3-8(12(16)17)13-11(15)10-6-9(14-18-10)7-4-5-7/h6-8H,2-5H2,1H3,(H,13,15)(H,16,17). The molecule has 1 aliphatic carbocycles. The Morgan fingerprint density at radius 1 is 1.61 bits per heavy atom. The summed E-state index contributed by atoms with van der Waals surface area (Å²) >= 11 is 0. The van der Waals surface area contributed by atoms with Crippen molar-refractivity contribution in [2.24, 2.45) is 0 Å². The minimum absolute atomic E-state index is 0.0826. The summed E-state index contributed by atoms with van der Waals surface area (Å²) in [4.78, 5) is 22.7. The molecule has 0 spiro atoms. The van der Waals surface area contributed by atoms with Gasteiger partial charge in [-0.25, -0.2) is 4.79 Å². The van der Waals surface area contributed by atoms with E-state index in [-0.39, 0.29) is 5.76 Å². The van der Waals surface area contributed by atoms with Crippen molar-refractivity contribution in [3.05, 3.63) is 17.5 Å². The second-order valence-electron chi connectivity index (χ2n) is 4.54. The highest BCUT2D eigenvalue weighted by Crippen LogP contribution is 2.39. The van der Waals surface area contributed by atoms with Crippen molar-refractivity contribution in [1.82, 2.24) is 10.5 Å². The lowest BCUT2D eigenvalue weighted by Crippen LogP contribution is -2.40. The molecule has 1 heterocycles. The summed E-state index contributed by atoms with van der Waals surface area (Å²) in [6.45, 7) is 1.86. The zero-order valence-electron chi connectivity index (χ0n) is 10.2. The number of hydrogen-bond acceptors (Lipinski definition) is 4. The van der Waals surface area contributed by atoms with Gasteiger partial charge in [0.2, 0.25) is 5.76 Å². The van der Waals surface area contributed by atoms with Crippen molar-refractivity contribution >= 4 is 11.9 Å².